The fourth-order valence-electron chi connectivity index (χ4n) is 3.89. The number of ether oxygens (including phenoxy) is 1. The van der Waals surface area contributed by atoms with Gasteiger partial charge in [0.15, 0.2) is 0 Å². The van der Waals surface area contributed by atoms with Gasteiger partial charge < -0.3 is 19.3 Å². The largest absolute Gasteiger partial charge is 0.497 e. The lowest BCUT2D eigenvalue weighted by Crippen LogP contribution is -2.42. The lowest BCUT2D eigenvalue weighted by atomic mass is 9.97. The molecule has 1 amide bonds. The minimum Gasteiger partial charge on any atom is -0.497 e. The Morgan fingerprint density at radius 3 is 2.77 bits per heavy atom. The zero-order valence-electron chi connectivity index (χ0n) is 15.6. The van der Waals surface area contributed by atoms with Crippen LogP contribution in [-0.2, 0) is 11.3 Å². The van der Waals surface area contributed by atoms with Crippen LogP contribution in [0.25, 0.3) is 10.9 Å². The lowest BCUT2D eigenvalue weighted by molar-refractivity contribution is -0.143. The zero-order valence-corrected chi connectivity index (χ0v) is 15.6. The number of fused-ring (bicyclic) bond motifs is 1. The number of aliphatic carboxylic acids is 1. The Kier molecular flexibility index (Phi) is 5.20. The summed E-state index contributed by atoms with van der Waals surface area (Å²) in [5, 5.41) is 10.2. The molecule has 26 heavy (non-hydrogen) atoms. The molecule has 0 radical (unpaired) electrons. The monoisotopic (exact) mass is 358 g/mol. The van der Waals surface area contributed by atoms with Crippen LogP contribution in [0.4, 0.5) is 0 Å². The maximum Gasteiger partial charge on any atom is 0.308 e. The van der Waals surface area contributed by atoms with E-state index in [-0.39, 0.29) is 12.5 Å². The van der Waals surface area contributed by atoms with Crippen molar-refractivity contribution in [3.8, 4) is 5.75 Å². The van der Waals surface area contributed by atoms with Crippen LogP contribution in [-0.4, -0.2) is 46.6 Å². The molecule has 0 spiro atoms. The number of hydrogen-bond acceptors (Lipinski definition) is 3. The van der Waals surface area contributed by atoms with Crippen LogP contribution in [0.15, 0.2) is 18.2 Å². The van der Waals surface area contributed by atoms with Crippen LogP contribution in [0.5, 0.6) is 5.75 Å². The molecule has 1 aromatic heterocycles. The average molecular weight is 358 g/mol. The van der Waals surface area contributed by atoms with E-state index in [4.69, 9.17) is 4.74 Å². The lowest BCUT2D eigenvalue weighted by Gasteiger charge is -2.31. The van der Waals surface area contributed by atoms with Crippen molar-refractivity contribution in [2.24, 2.45) is 5.92 Å². The number of nitrogens with zero attached hydrogens (tertiary/aromatic N) is 2. The number of carboxylic acids is 1. The Hall–Kier alpha value is -2.50. The van der Waals surface area contributed by atoms with Gasteiger partial charge in [-0.3, -0.25) is 9.59 Å². The van der Waals surface area contributed by atoms with Crippen molar-refractivity contribution in [3.63, 3.8) is 0 Å². The molecule has 1 aliphatic heterocycles. The number of rotatable bonds is 5. The van der Waals surface area contributed by atoms with E-state index in [0.717, 1.165) is 36.0 Å². The highest BCUT2D eigenvalue weighted by Crippen LogP contribution is 2.31. The Balaban J connectivity index is 2.06. The predicted molar refractivity (Wildman–Crippen MR) is 99.8 cm³/mol. The number of amides is 1. The second-order valence-corrected chi connectivity index (χ2v) is 6.92. The highest BCUT2D eigenvalue weighted by Gasteiger charge is 2.31. The molecule has 0 unspecified atom stereocenters. The van der Waals surface area contributed by atoms with Gasteiger partial charge in [-0.15, -0.1) is 0 Å². The van der Waals surface area contributed by atoms with E-state index in [1.54, 1.807) is 12.0 Å². The third-order valence-electron chi connectivity index (χ3n) is 5.25. The van der Waals surface area contributed by atoms with E-state index in [2.05, 4.69) is 11.5 Å². The van der Waals surface area contributed by atoms with Gasteiger partial charge in [0.25, 0.3) is 5.91 Å². The number of aromatic nitrogens is 1. The van der Waals surface area contributed by atoms with Gasteiger partial charge in [0.2, 0.25) is 0 Å². The Morgan fingerprint density at radius 1 is 1.35 bits per heavy atom. The van der Waals surface area contributed by atoms with E-state index >= 15 is 0 Å². The van der Waals surface area contributed by atoms with Crippen LogP contribution in [0.3, 0.4) is 0 Å². The molecular formula is C20H26N2O4. The first-order valence-corrected chi connectivity index (χ1v) is 9.16. The zero-order chi connectivity index (χ0) is 18.8. The molecule has 1 aliphatic rings. The van der Waals surface area contributed by atoms with Crippen molar-refractivity contribution in [1.82, 2.24) is 9.47 Å². The summed E-state index contributed by atoms with van der Waals surface area (Å²) in [6.07, 6.45) is 2.32. The highest BCUT2D eigenvalue weighted by atomic mass is 16.5. The fourth-order valence-corrected chi connectivity index (χ4v) is 3.89. The van der Waals surface area contributed by atoms with Crippen LogP contribution < -0.4 is 4.74 Å². The highest BCUT2D eigenvalue weighted by molar-refractivity contribution is 6.09. The maximum atomic E-state index is 13.3. The molecule has 1 atom stereocenters. The number of methoxy groups -OCH3 is 1. The Morgan fingerprint density at radius 2 is 2.12 bits per heavy atom. The van der Waals surface area contributed by atoms with E-state index < -0.39 is 11.9 Å². The number of carbonyl (C=O) groups excluding carboxylic acids is 1. The van der Waals surface area contributed by atoms with Crippen LogP contribution in [0.1, 0.15) is 42.2 Å². The molecule has 1 N–H and O–H groups in total. The summed E-state index contributed by atoms with van der Waals surface area (Å²) < 4.78 is 7.52. The molecule has 2 heterocycles. The summed E-state index contributed by atoms with van der Waals surface area (Å²) in [6, 6.07) is 5.80. The topological polar surface area (TPSA) is 71.8 Å². The number of benzene rings is 1. The van der Waals surface area contributed by atoms with E-state index in [1.807, 2.05) is 25.1 Å². The molecule has 140 valence electrons. The summed E-state index contributed by atoms with van der Waals surface area (Å²) in [5.41, 5.74) is 2.61. The summed E-state index contributed by atoms with van der Waals surface area (Å²) in [6.45, 7) is 5.79. The Bertz CT molecular complexity index is 840. The number of likely N-dealkylation sites (tertiary alicyclic amines) is 1. The van der Waals surface area contributed by atoms with Crippen molar-refractivity contribution in [2.45, 2.75) is 39.7 Å². The van der Waals surface area contributed by atoms with Crippen molar-refractivity contribution in [1.29, 1.82) is 0 Å². The van der Waals surface area contributed by atoms with Gasteiger partial charge in [0, 0.05) is 36.2 Å². The number of piperidine rings is 1. The molecule has 0 aliphatic carbocycles. The van der Waals surface area contributed by atoms with E-state index in [1.165, 1.54) is 0 Å². The number of carboxylic acid groups (broad SMARTS) is 1. The fraction of sp³-hybridized carbons (Fsp3) is 0.500. The van der Waals surface area contributed by atoms with Gasteiger partial charge in [-0.2, -0.15) is 0 Å². The van der Waals surface area contributed by atoms with Crippen LogP contribution in [0, 0.1) is 12.8 Å². The van der Waals surface area contributed by atoms with Gasteiger partial charge in [-0.1, -0.05) is 6.92 Å². The van der Waals surface area contributed by atoms with Crippen molar-refractivity contribution in [2.75, 3.05) is 20.2 Å². The van der Waals surface area contributed by atoms with Gasteiger partial charge in [0.05, 0.1) is 18.6 Å². The molecular weight excluding hydrogens is 332 g/mol. The second-order valence-electron chi connectivity index (χ2n) is 6.92. The minimum absolute atomic E-state index is 0.0819. The molecule has 6 nitrogen and oxygen atoms in total. The van der Waals surface area contributed by atoms with Gasteiger partial charge >= 0.3 is 5.97 Å². The summed E-state index contributed by atoms with van der Waals surface area (Å²) in [7, 11) is 1.61. The van der Waals surface area contributed by atoms with E-state index in [0.29, 0.717) is 24.3 Å². The molecule has 2 aromatic rings. The van der Waals surface area contributed by atoms with Crippen molar-refractivity contribution < 1.29 is 19.4 Å². The molecule has 1 aromatic carbocycles. The number of aryl methyl sites for hydroxylation is 1. The van der Waals surface area contributed by atoms with E-state index in [9.17, 15) is 14.7 Å². The third kappa shape index (κ3) is 3.16. The molecule has 0 saturated carbocycles. The summed E-state index contributed by atoms with van der Waals surface area (Å²) in [5.74, 6) is -0.676. The SMILES string of the molecule is CCCn1c(C)c(C(=O)N2CCC[C@H](C(=O)O)C2)c2cc(OC)ccc21. The number of carbonyl (C=O) groups is 2. The second kappa shape index (κ2) is 7.40. The van der Waals surface area contributed by atoms with Gasteiger partial charge in [0.1, 0.15) is 5.75 Å². The summed E-state index contributed by atoms with van der Waals surface area (Å²) in [4.78, 5) is 26.3. The summed E-state index contributed by atoms with van der Waals surface area (Å²) >= 11 is 0. The number of hydrogen-bond donors (Lipinski definition) is 1. The third-order valence-corrected chi connectivity index (χ3v) is 5.25. The Labute approximate surface area is 153 Å². The first-order chi connectivity index (χ1) is 12.5. The van der Waals surface area contributed by atoms with Crippen molar-refractivity contribution >= 4 is 22.8 Å². The van der Waals surface area contributed by atoms with Gasteiger partial charge in [-0.05, 0) is 44.4 Å². The van der Waals surface area contributed by atoms with Crippen LogP contribution in [0.2, 0.25) is 0 Å². The molecule has 1 saturated heterocycles. The molecule has 0 bridgehead atoms. The van der Waals surface area contributed by atoms with Gasteiger partial charge in [-0.25, -0.2) is 0 Å². The first-order valence-electron chi connectivity index (χ1n) is 9.16. The maximum absolute atomic E-state index is 13.3. The van der Waals surface area contributed by atoms with Crippen LogP contribution >= 0.6 is 0 Å². The molecule has 1 fully saturated rings. The molecule has 3 rings (SSSR count). The standard InChI is InChI=1S/C20H26N2O4/c1-4-9-22-13(2)18(16-11-15(26-3)7-8-17(16)22)19(23)21-10-5-6-14(12-21)20(24)25/h7-8,11,14H,4-6,9-10,12H2,1-3H3,(H,24,25)/t14-/m0/s1. The minimum atomic E-state index is -0.825. The normalized spacial score (nSPS) is 17.5. The molecule has 6 heteroatoms. The predicted octanol–water partition coefficient (Wildman–Crippen LogP) is 3.31. The van der Waals surface area contributed by atoms with Crippen molar-refractivity contribution in [3.05, 3.63) is 29.5 Å². The smallest absolute Gasteiger partial charge is 0.308 e. The quantitative estimate of drug-likeness (QED) is 0.890. The first kappa shape index (κ1) is 18.3. The average Bonchev–Trinajstić information content (AvgIpc) is 2.92.